The normalized spacial score (nSPS) is 12.0. The summed E-state index contributed by atoms with van der Waals surface area (Å²) in [6.45, 7) is 6.06. The lowest BCUT2D eigenvalue weighted by Gasteiger charge is -2.25. The Labute approximate surface area is 601 Å². The first kappa shape index (κ1) is 95.0. The van der Waals surface area contributed by atoms with Gasteiger partial charge in [-0.3, -0.25) is 20.5 Å². The van der Waals surface area contributed by atoms with Crippen LogP contribution in [0.3, 0.4) is 0 Å². The summed E-state index contributed by atoms with van der Waals surface area (Å²) in [6, 6.07) is 0. The summed E-state index contributed by atoms with van der Waals surface area (Å²) in [7, 11) is 1.00. The highest BCUT2D eigenvalue weighted by Crippen LogP contribution is 2.21. The molecule has 0 aliphatic rings. The summed E-state index contributed by atoms with van der Waals surface area (Å²) in [5.41, 5.74) is 47.8. The van der Waals surface area contributed by atoms with Crippen molar-refractivity contribution in [2.24, 2.45) is 47.8 Å². The molecule has 1 rings (SSSR count). The van der Waals surface area contributed by atoms with Crippen LogP contribution in [0.15, 0.2) is 72.9 Å². The number of carbonyl (C=O) groups is 6. The van der Waals surface area contributed by atoms with Crippen LogP contribution in [0, 0.1) is 10.8 Å². The van der Waals surface area contributed by atoms with E-state index < -0.39 is 86.7 Å². The van der Waals surface area contributed by atoms with Crippen LogP contribution in [0.25, 0.3) is 39.0 Å². The van der Waals surface area contributed by atoms with E-state index in [2.05, 4.69) is 51.2 Å². The van der Waals surface area contributed by atoms with Crippen molar-refractivity contribution in [3.63, 3.8) is 0 Å². The molecule has 0 atom stereocenters. The van der Waals surface area contributed by atoms with Crippen LogP contribution < -0.4 is 69.0 Å². The number of hydrogen-bond acceptors (Lipinski definition) is 25. The number of nitrogens with one attached hydrogen (secondary N) is 10. The number of nitrogens with zero attached hydrogens (tertiary/aromatic N) is 15. The van der Waals surface area contributed by atoms with Crippen LogP contribution in [0.2, 0.25) is 0 Å². The minimum Gasteiger partial charge on any atom is -0.614 e. The van der Waals surface area contributed by atoms with Crippen LogP contribution in [0.1, 0.15) is 149 Å². The lowest BCUT2D eigenvalue weighted by Crippen LogP contribution is -2.83. The molecule has 1 aromatic heterocycles. The molecule has 0 saturated heterocycles. The number of aliphatic imine (C=N–C) groups is 6. The summed E-state index contributed by atoms with van der Waals surface area (Å²) in [5, 5.41) is 18.9. The molecule has 0 aliphatic carbocycles. The Hall–Kier alpha value is -12.1. The fourth-order valence-corrected chi connectivity index (χ4v) is 8.48. The zero-order valence-electron chi connectivity index (χ0n) is 58.9. The Balaban J connectivity index is 0. The van der Waals surface area contributed by atoms with E-state index in [1.807, 2.05) is 0 Å². The van der Waals surface area contributed by atoms with Gasteiger partial charge in [-0.15, -0.1) is 0 Å². The van der Waals surface area contributed by atoms with E-state index in [0.717, 1.165) is 116 Å². The summed E-state index contributed by atoms with van der Waals surface area (Å²) < 4.78 is 21.7. The Kier molecular flexibility index (Phi) is 55.9. The minimum atomic E-state index is -1.35. The number of amides is 4. The van der Waals surface area contributed by atoms with Crippen LogP contribution in [0.5, 0.6) is 0 Å². The first-order valence-corrected chi connectivity index (χ1v) is 33.1. The molecule has 0 aromatic carbocycles. The molecule has 0 unspecified atom stereocenters. The SMILES string of the molecule is CC(C=O)(COC(=O)NCCCCCCN=C=O)COC(=O)NCCCCCCN=C=O.CCC(C=O)(COC(=O)NCCCCCCN=C=O)COC(=O)NCCCCCCN=C=O.Cn1c(=O)n(CCCCCCN=C=O)c(=O)n(/C([NH+]=[N-])=C([NH+]=[N-])/C([NH+]=[N-])=C([NH+]=[N-])/C([NH+]=[N-])=C(/N=C=O)[NH+]=[N-])c1=O. The van der Waals surface area contributed by atoms with Crippen LogP contribution in [-0.2, 0) is 70.9 Å². The third-order valence-corrected chi connectivity index (χ3v) is 14.6. The number of carbonyl (C=O) groups excluding carboxylic acids is 12. The maximum absolute atomic E-state index is 13.2. The van der Waals surface area contributed by atoms with Crippen molar-refractivity contribution in [1.29, 1.82) is 0 Å². The molecule has 0 bridgehead atoms. The van der Waals surface area contributed by atoms with Gasteiger partial charge in [-0.25, -0.2) is 91.6 Å². The Morgan fingerprint density at radius 2 is 0.762 bits per heavy atom. The fourth-order valence-electron chi connectivity index (χ4n) is 8.48. The molecule has 44 heteroatoms. The van der Waals surface area contributed by atoms with Gasteiger partial charge in [-0.1, -0.05) is 75.7 Å². The number of aromatic nitrogens is 3. The molecular formula is C61H91N25O19. The van der Waals surface area contributed by atoms with Gasteiger partial charge < -0.3 is 93.2 Å². The Morgan fingerprint density at radius 1 is 0.429 bits per heavy atom. The fraction of sp³-hybridized carbons (Fsp3) is 0.656. The van der Waals surface area contributed by atoms with Gasteiger partial charge in [0.15, 0.2) is 0 Å². The van der Waals surface area contributed by atoms with E-state index >= 15 is 0 Å². The maximum atomic E-state index is 13.2. The molecule has 0 radical (unpaired) electrons. The zero-order valence-corrected chi connectivity index (χ0v) is 58.9. The highest BCUT2D eigenvalue weighted by molar-refractivity contribution is 5.70. The lowest BCUT2D eigenvalue weighted by molar-refractivity contribution is -0.529. The van der Waals surface area contributed by atoms with Crippen molar-refractivity contribution in [2.45, 2.75) is 155 Å². The third-order valence-electron chi connectivity index (χ3n) is 14.6. The van der Waals surface area contributed by atoms with Crippen molar-refractivity contribution >= 4 is 79.2 Å². The Bertz CT molecular complexity index is 3490. The maximum Gasteiger partial charge on any atom is 0.428 e. The van der Waals surface area contributed by atoms with E-state index in [1.165, 1.54) is 68.0 Å². The van der Waals surface area contributed by atoms with E-state index in [1.54, 1.807) is 6.92 Å². The quantitative estimate of drug-likeness (QED) is 0.00571. The number of isocyanates is 6. The number of unbranched alkanes of at least 4 members (excludes halogenated alkanes) is 15. The number of rotatable bonds is 56. The van der Waals surface area contributed by atoms with Gasteiger partial charge in [0.25, 0.3) is 0 Å². The predicted octanol–water partition coefficient (Wildman–Crippen LogP) is -3.68. The van der Waals surface area contributed by atoms with Gasteiger partial charge >= 0.3 is 82.0 Å². The second kappa shape index (κ2) is 61.8. The van der Waals surface area contributed by atoms with Gasteiger partial charge in [0, 0.05) is 39.8 Å². The van der Waals surface area contributed by atoms with Crippen molar-refractivity contribution in [3.8, 4) is 0 Å². The molecule has 0 spiro atoms. The average molecular weight is 1480 g/mol. The smallest absolute Gasteiger partial charge is 0.428 e. The number of alkyl carbamates (subject to hydrolysis) is 4. The largest absolute Gasteiger partial charge is 0.614 e. The topological polar surface area (TPSA) is 648 Å². The summed E-state index contributed by atoms with van der Waals surface area (Å²) in [5.74, 6) is -1.98. The first-order valence-electron chi connectivity index (χ1n) is 33.1. The van der Waals surface area contributed by atoms with Crippen molar-refractivity contribution in [2.75, 3.05) is 85.3 Å². The van der Waals surface area contributed by atoms with Gasteiger partial charge in [0.1, 0.15) is 39.0 Å². The molecule has 0 aliphatic heterocycles. The van der Waals surface area contributed by atoms with Gasteiger partial charge in [-0.2, -0.15) is 4.79 Å². The van der Waals surface area contributed by atoms with Gasteiger partial charge in [-0.05, 0) is 77.6 Å². The van der Waals surface area contributed by atoms with Crippen molar-refractivity contribution < 1.29 is 107 Å². The monoisotopic (exact) mass is 1480 g/mol. The van der Waals surface area contributed by atoms with Crippen LogP contribution in [-0.4, -0.2) is 172 Å². The summed E-state index contributed by atoms with van der Waals surface area (Å²) in [4.78, 5) is 190. The average Bonchev–Trinajstić information content (AvgIpc) is 0.767. The molecule has 1 heterocycles. The molecule has 0 fully saturated rings. The second-order valence-corrected chi connectivity index (χ2v) is 22.5. The van der Waals surface area contributed by atoms with E-state index in [4.69, 9.17) is 18.9 Å². The molecule has 574 valence electrons. The molecule has 10 N–H and O–H groups in total. The molecular weight excluding hydrogens is 1390 g/mol. The van der Waals surface area contributed by atoms with Crippen LogP contribution >= 0.6 is 0 Å². The summed E-state index contributed by atoms with van der Waals surface area (Å²) >= 11 is 0. The van der Waals surface area contributed by atoms with E-state index in [-0.39, 0.29) is 50.5 Å². The highest BCUT2D eigenvalue weighted by Gasteiger charge is 2.39. The zero-order chi connectivity index (χ0) is 78.8. The molecule has 0 saturated carbocycles. The van der Waals surface area contributed by atoms with E-state index in [9.17, 15) is 105 Å². The molecule has 4 amide bonds. The molecule has 1 aromatic rings. The predicted molar refractivity (Wildman–Crippen MR) is 359 cm³/mol. The Morgan fingerprint density at radius 3 is 1.06 bits per heavy atom. The molecule has 44 nitrogen and oxygen atoms in total. The third kappa shape index (κ3) is 42.1. The van der Waals surface area contributed by atoms with Gasteiger partial charge in [0.05, 0.1) is 48.5 Å². The number of aldehydes is 2. The highest BCUT2D eigenvalue weighted by atomic mass is 16.6. The summed E-state index contributed by atoms with van der Waals surface area (Å²) in [6.07, 6.45) is 22.5. The van der Waals surface area contributed by atoms with Crippen molar-refractivity contribution in [3.05, 3.63) is 93.2 Å². The van der Waals surface area contributed by atoms with Crippen molar-refractivity contribution in [1.82, 2.24) is 35.0 Å². The molecule has 105 heavy (non-hydrogen) atoms. The van der Waals surface area contributed by atoms with E-state index in [0.29, 0.717) is 99.7 Å². The first-order chi connectivity index (χ1) is 50.7. The minimum absolute atomic E-state index is 0.162. The number of ether oxygens (including phenoxy) is 4. The van der Waals surface area contributed by atoms with Gasteiger partial charge in [0.2, 0.25) is 30.4 Å². The second-order valence-electron chi connectivity index (χ2n) is 22.5. The lowest BCUT2D eigenvalue weighted by atomic mass is 9.89. The number of hydrogen-bond donors (Lipinski definition) is 10. The van der Waals surface area contributed by atoms with Crippen LogP contribution in [0.4, 0.5) is 19.2 Å². The standard InChI is InChI=1S/C22H36N4O7.C21H34N4O7.C18H21N17O5/c1-2-22(15-27,16-32-20(30)25-13-9-5-3-7-11-23-18-28)17-33-21(31)26-14-10-6-4-8-12-24-19-29;1-21(14-26,15-31-19(29)24-12-8-4-2-6-10-22-17-27)16-32-20(30)25-13-9-5-3-7-11-23-18-28;1-33-16(38)34(7-5-3-2-4-6-25-8-36)18(40)35(17(33)39)15(32-24)13(30-22)11(28-20)10(27-19)12(29-21)14(31-23)26-9-37/h15H,2-14,16-17H2,1H3,(H,25,30)(H,26,31);14H,2-13,15-16H2,1H3,(H,24,29)(H,25,30);27-32H,2-7H2,1H3/b;;11-10+,14-12+,15-13-.